The fourth-order valence-electron chi connectivity index (χ4n) is 1.57. The van der Waals surface area contributed by atoms with Gasteiger partial charge in [-0.05, 0) is 47.2 Å². The summed E-state index contributed by atoms with van der Waals surface area (Å²) >= 11 is 0. The van der Waals surface area contributed by atoms with Gasteiger partial charge in [0.15, 0.2) is 5.82 Å². The summed E-state index contributed by atoms with van der Waals surface area (Å²) in [6, 6.07) is 6.08. The monoisotopic (exact) mass is 249 g/mol. The third-order valence-corrected chi connectivity index (χ3v) is 2.44. The van der Waals surface area contributed by atoms with Gasteiger partial charge in [0.2, 0.25) is 0 Å². The number of nitrogens with zero attached hydrogens (tertiary/aromatic N) is 4. The van der Waals surface area contributed by atoms with Crippen LogP contribution in [-0.2, 0) is 6.54 Å². The average Bonchev–Trinajstić information content (AvgIpc) is 2.78. The molecule has 0 radical (unpaired) electrons. The molecular weight excluding hydrogens is 233 g/mol. The molecule has 0 unspecified atom stereocenters. The normalized spacial score (nSPS) is 11.1. The maximum atomic E-state index is 12.8. The Balaban J connectivity index is 2.10. The van der Waals surface area contributed by atoms with Gasteiger partial charge in [-0.3, -0.25) is 0 Å². The predicted molar refractivity (Wildman–Crippen MR) is 65.7 cm³/mol. The summed E-state index contributed by atoms with van der Waals surface area (Å²) in [6.45, 7) is 5.75. The van der Waals surface area contributed by atoms with Crippen LogP contribution in [0.2, 0.25) is 0 Å². The second kappa shape index (κ2) is 5.68. The highest BCUT2D eigenvalue weighted by Crippen LogP contribution is 2.08. The fourth-order valence-corrected chi connectivity index (χ4v) is 1.57. The highest BCUT2D eigenvalue weighted by Gasteiger charge is 2.07. The van der Waals surface area contributed by atoms with Gasteiger partial charge >= 0.3 is 0 Å². The van der Waals surface area contributed by atoms with Crippen LogP contribution in [0.4, 0.5) is 4.39 Å². The van der Waals surface area contributed by atoms with Gasteiger partial charge < -0.3 is 5.32 Å². The number of rotatable bonds is 5. The lowest BCUT2D eigenvalue weighted by molar-refractivity contribution is 0.537. The van der Waals surface area contributed by atoms with Crippen LogP contribution in [0.1, 0.15) is 19.7 Å². The van der Waals surface area contributed by atoms with E-state index in [2.05, 4.69) is 34.7 Å². The van der Waals surface area contributed by atoms with Crippen LogP contribution >= 0.6 is 0 Å². The largest absolute Gasteiger partial charge is 0.310 e. The molecule has 0 aliphatic heterocycles. The molecule has 0 atom stereocenters. The Hall–Kier alpha value is -1.82. The zero-order valence-electron chi connectivity index (χ0n) is 10.5. The molecule has 1 aromatic heterocycles. The summed E-state index contributed by atoms with van der Waals surface area (Å²) in [7, 11) is 0. The van der Waals surface area contributed by atoms with E-state index in [1.54, 1.807) is 16.8 Å². The van der Waals surface area contributed by atoms with Gasteiger partial charge in [0, 0.05) is 0 Å². The first kappa shape index (κ1) is 12.6. The van der Waals surface area contributed by atoms with Crippen molar-refractivity contribution in [2.24, 2.45) is 5.92 Å². The Morgan fingerprint density at radius 2 is 2.00 bits per heavy atom. The lowest BCUT2D eigenvalue weighted by Gasteiger charge is -2.07. The standard InChI is InChI=1S/C12H16FN5/c1-9(2)7-14-8-12-15-16-17-18(12)11-5-3-10(13)4-6-11/h3-6,9,14H,7-8H2,1-2H3. The molecule has 1 N–H and O–H groups in total. The topological polar surface area (TPSA) is 55.6 Å². The summed E-state index contributed by atoms with van der Waals surface area (Å²) in [6.07, 6.45) is 0. The van der Waals surface area contributed by atoms with Crippen molar-refractivity contribution in [3.8, 4) is 5.69 Å². The van der Waals surface area contributed by atoms with Crippen LogP contribution < -0.4 is 5.32 Å². The Kier molecular flexibility index (Phi) is 3.99. The predicted octanol–water partition coefficient (Wildman–Crippen LogP) is 1.55. The van der Waals surface area contributed by atoms with Gasteiger partial charge in [0.1, 0.15) is 5.82 Å². The molecule has 0 aliphatic carbocycles. The van der Waals surface area contributed by atoms with E-state index in [0.717, 1.165) is 12.2 Å². The average molecular weight is 249 g/mol. The molecule has 0 bridgehead atoms. The van der Waals surface area contributed by atoms with E-state index in [0.29, 0.717) is 18.3 Å². The molecular formula is C12H16FN5. The van der Waals surface area contributed by atoms with E-state index in [1.165, 1.54) is 12.1 Å². The number of aromatic nitrogens is 4. The SMILES string of the molecule is CC(C)CNCc1nnnn1-c1ccc(F)cc1. The summed E-state index contributed by atoms with van der Waals surface area (Å²) in [5.41, 5.74) is 0.753. The third-order valence-electron chi connectivity index (χ3n) is 2.44. The van der Waals surface area contributed by atoms with Gasteiger partial charge in [-0.15, -0.1) is 5.10 Å². The zero-order chi connectivity index (χ0) is 13.0. The Labute approximate surface area is 105 Å². The maximum Gasteiger partial charge on any atom is 0.170 e. The Morgan fingerprint density at radius 1 is 1.28 bits per heavy atom. The highest BCUT2D eigenvalue weighted by atomic mass is 19.1. The second-order valence-electron chi connectivity index (χ2n) is 4.51. The van der Waals surface area contributed by atoms with Crippen LogP contribution in [0, 0.1) is 11.7 Å². The van der Waals surface area contributed by atoms with Gasteiger partial charge in [-0.25, -0.2) is 4.39 Å². The van der Waals surface area contributed by atoms with E-state index in [-0.39, 0.29) is 5.82 Å². The minimum Gasteiger partial charge on any atom is -0.310 e. The van der Waals surface area contributed by atoms with Gasteiger partial charge in [0.25, 0.3) is 0 Å². The number of nitrogens with one attached hydrogen (secondary N) is 1. The van der Waals surface area contributed by atoms with Crippen LogP contribution in [0.5, 0.6) is 0 Å². The lowest BCUT2D eigenvalue weighted by Crippen LogP contribution is -2.21. The molecule has 5 nitrogen and oxygen atoms in total. The highest BCUT2D eigenvalue weighted by molar-refractivity contribution is 5.31. The summed E-state index contributed by atoms with van der Waals surface area (Å²) in [4.78, 5) is 0. The minimum absolute atomic E-state index is 0.272. The van der Waals surface area contributed by atoms with E-state index >= 15 is 0 Å². The molecule has 0 spiro atoms. The molecule has 0 fully saturated rings. The number of benzene rings is 1. The molecule has 0 aliphatic rings. The van der Waals surface area contributed by atoms with Crippen molar-refractivity contribution < 1.29 is 4.39 Å². The van der Waals surface area contributed by atoms with E-state index in [1.807, 2.05) is 0 Å². The molecule has 0 amide bonds. The molecule has 96 valence electrons. The molecule has 6 heteroatoms. The Morgan fingerprint density at radius 3 is 2.67 bits per heavy atom. The molecule has 18 heavy (non-hydrogen) atoms. The van der Waals surface area contributed by atoms with Crippen molar-refractivity contribution in [3.63, 3.8) is 0 Å². The number of tetrazole rings is 1. The minimum atomic E-state index is -0.272. The van der Waals surface area contributed by atoms with E-state index in [4.69, 9.17) is 0 Å². The van der Waals surface area contributed by atoms with Gasteiger partial charge in [-0.2, -0.15) is 4.68 Å². The van der Waals surface area contributed by atoms with Crippen molar-refractivity contribution in [2.75, 3.05) is 6.54 Å². The first-order valence-electron chi connectivity index (χ1n) is 5.90. The summed E-state index contributed by atoms with van der Waals surface area (Å²) in [5.74, 6) is 1.01. The summed E-state index contributed by atoms with van der Waals surface area (Å²) in [5, 5.41) is 14.8. The van der Waals surface area contributed by atoms with Gasteiger partial charge in [-0.1, -0.05) is 13.8 Å². The van der Waals surface area contributed by atoms with E-state index in [9.17, 15) is 4.39 Å². The molecule has 0 saturated carbocycles. The molecule has 0 saturated heterocycles. The lowest BCUT2D eigenvalue weighted by atomic mass is 10.2. The quantitative estimate of drug-likeness (QED) is 0.873. The molecule has 1 heterocycles. The first-order valence-corrected chi connectivity index (χ1v) is 5.90. The van der Waals surface area contributed by atoms with Crippen molar-refractivity contribution in [2.45, 2.75) is 20.4 Å². The molecule has 2 aromatic rings. The van der Waals surface area contributed by atoms with Crippen molar-refractivity contribution >= 4 is 0 Å². The smallest absolute Gasteiger partial charge is 0.170 e. The maximum absolute atomic E-state index is 12.8. The molecule has 1 aromatic carbocycles. The van der Waals surface area contributed by atoms with Gasteiger partial charge in [0.05, 0.1) is 12.2 Å². The van der Waals surface area contributed by atoms with Crippen LogP contribution in [-0.4, -0.2) is 26.8 Å². The number of halogens is 1. The zero-order valence-corrected chi connectivity index (χ0v) is 10.5. The van der Waals surface area contributed by atoms with Crippen molar-refractivity contribution in [3.05, 3.63) is 35.9 Å². The Bertz CT molecular complexity index is 491. The van der Waals surface area contributed by atoms with Crippen molar-refractivity contribution in [1.29, 1.82) is 0 Å². The number of hydrogen-bond donors (Lipinski definition) is 1. The van der Waals surface area contributed by atoms with Crippen LogP contribution in [0.25, 0.3) is 5.69 Å². The fraction of sp³-hybridized carbons (Fsp3) is 0.417. The third kappa shape index (κ3) is 3.10. The summed E-state index contributed by atoms with van der Waals surface area (Å²) < 4.78 is 14.5. The van der Waals surface area contributed by atoms with Crippen LogP contribution in [0.15, 0.2) is 24.3 Å². The van der Waals surface area contributed by atoms with E-state index < -0.39 is 0 Å². The molecule has 2 rings (SSSR count). The second-order valence-corrected chi connectivity index (χ2v) is 4.51. The van der Waals surface area contributed by atoms with Crippen LogP contribution in [0.3, 0.4) is 0 Å². The first-order chi connectivity index (χ1) is 8.66. The van der Waals surface area contributed by atoms with Crippen molar-refractivity contribution in [1.82, 2.24) is 25.5 Å². The number of hydrogen-bond acceptors (Lipinski definition) is 4.